The van der Waals surface area contributed by atoms with Crippen molar-refractivity contribution in [1.29, 1.82) is 0 Å². The summed E-state index contributed by atoms with van der Waals surface area (Å²) in [6.07, 6.45) is 0.650. The molecule has 1 aromatic heterocycles. The number of aryl methyl sites for hydroxylation is 1. The molecule has 0 aliphatic carbocycles. The zero-order chi connectivity index (χ0) is 13.8. The summed E-state index contributed by atoms with van der Waals surface area (Å²) in [4.78, 5) is 4.11. The fraction of sp³-hybridized carbons (Fsp3) is 0.385. The van der Waals surface area contributed by atoms with Crippen molar-refractivity contribution in [1.82, 2.24) is 15.5 Å². The van der Waals surface area contributed by atoms with Gasteiger partial charge < -0.3 is 9.84 Å². The first kappa shape index (κ1) is 14.1. The van der Waals surface area contributed by atoms with Crippen LogP contribution < -0.4 is 5.32 Å². The van der Waals surface area contributed by atoms with E-state index in [1.165, 1.54) is 6.07 Å². The van der Waals surface area contributed by atoms with Crippen molar-refractivity contribution in [2.75, 3.05) is 6.54 Å². The predicted molar refractivity (Wildman–Crippen MR) is 73.3 cm³/mol. The van der Waals surface area contributed by atoms with Crippen LogP contribution in [0, 0.1) is 12.7 Å². The summed E-state index contributed by atoms with van der Waals surface area (Å²) in [5.74, 6) is 1.01. The molecule has 102 valence electrons. The molecule has 4 nitrogen and oxygen atoms in total. The summed E-state index contributed by atoms with van der Waals surface area (Å²) in [5.41, 5.74) is 0.638. The fourth-order valence-corrected chi connectivity index (χ4v) is 2.18. The van der Waals surface area contributed by atoms with Crippen molar-refractivity contribution in [2.45, 2.75) is 26.3 Å². The number of nitrogens with zero attached hydrogens (tertiary/aromatic N) is 2. The highest BCUT2D eigenvalue weighted by Gasteiger charge is 2.11. The number of rotatable bonds is 5. The Labute approximate surface area is 119 Å². The quantitative estimate of drug-likeness (QED) is 0.916. The van der Waals surface area contributed by atoms with Crippen molar-refractivity contribution >= 4 is 15.9 Å². The minimum atomic E-state index is -0.210. The van der Waals surface area contributed by atoms with E-state index in [1.54, 1.807) is 19.1 Å². The Bertz CT molecular complexity index is 559. The summed E-state index contributed by atoms with van der Waals surface area (Å²) >= 11 is 3.35. The SMILES string of the molecule is Cc1nc(CCNC(C)c2cc(Br)ccc2F)no1. The lowest BCUT2D eigenvalue weighted by molar-refractivity contribution is 0.386. The highest BCUT2D eigenvalue weighted by Crippen LogP contribution is 2.21. The van der Waals surface area contributed by atoms with E-state index in [1.807, 2.05) is 6.92 Å². The lowest BCUT2D eigenvalue weighted by Crippen LogP contribution is -2.22. The molecule has 0 aliphatic rings. The van der Waals surface area contributed by atoms with Gasteiger partial charge in [0.05, 0.1) is 0 Å². The molecule has 0 saturated heterocycles. The van der Waals surface area contributed by atoms with Gasteiger partial charge in [-0.05, 0) is 25.1 Å². The minimum absolute atomic E-state index is 0.0782. The van der Waals surface area contributed by atoms with Gasteiger partial charge in [-0.2, -0.15) is 4.98 Å². The molecular weight excluding hydrogens is 313 g/mol. The van der Waals surface area contributed by atoms with Crippen LogP contribution in [-0.2, 0) is 6.42 Å². The maximum atomic E-state index is 13.7. The monoisotopic (exact) mass is 327 g/mol. The molecule has 0 aliphatic heterocycles. The number of nitrogens with one attached hydrogen (secondary N) is 1. The normalized spacial score (nSPS) is 12.6. The lowest BCUT2D eigenvalue weighted by Gasteiger charge is -2.14. The van der Waals surface area contributed by atoms with Gasteiger partial charge in [-0.3, -0.25) is 0 Å². The molecule has 1 N–H and O–H groups in total. The van der Waals surface area contributed by atoms with Crippen molar-refractivity contribution < 1.29 is 8.91 Å². The van der Waals surface area contributed by atoms with E-state index in [9.17, 15) is 4.39 Å². The van der Waals surface area contributed by atoms with Crippen LogP contribution in [0.2, 0.25) is 0 Å². The molecule has 1 heterocycles. The first-order valence-corrected chi connectivity index (χ1v) is 6.83. The second-order valence-corrected chi connectivity index (χ2v) is 5.24. The van der Waals surface area contributed by atoms with Gasteiger partial charge in [0.25, 0.3) is 0 Å². The largest absolute Gasteiger partial charge is 0.340 e. The number of benzene rings is 1. The Kier molecular flexibility index (Phi) is 4.66. The summed E-state index contributed by atoms with van der Waals surface area (Å²) < 4.78 is 19.4. The molecule has 0 spiro atoms. The molecule has 0 saturated carbocycles. The smallest absolute Gasteiger partial charge is 0.223 e. The average Bonchev–Trinajstić information content (AvgIpc) is 2.78. The molecule has 0 bridgehead atoms. The van der Waals surface area contributed by atoms with Gasteiger partial charge in [-0.15, -0.1) is 0 Å². The van der Waals surface area contributed by atoms with Gasteiger partial charge in [0.15, 0.2) is 5.82 Å². The number of hydrogen-bond acceptors (Lipinski definition) is 4. The van der Waals surface area contributed by atoms with E-state index in [0.717, 1.165) is 4.47 Å². The van der Waals surface area contributed by atoms with Crippen molar-refractivity contribution in [3.05, 3.63) is 45.8 Å². The second-order valence-electron chi connectivity index (χ2n) is 4.32. The third kappa shape index (κ3) is 3.84. The van der Waals surface area contributed by atoms with Gasteiger partial charge in [-0.1, -0.05) is 21.1 Å². The molecule has 1 unspecified atom stereocenters. The van der Waals surface area contributed by atoms with Gasteiger partial charge in [0, 0.05) is 36.0 Å². The van der Waals surface area contributed by atoms with Crippen LogP contribution in [0.3, 0.4) is 0 Å². The van der Waals surface area contributed by atoms with E-state index >= 15 is 0 Å². The zero-order valence-electron chi connectivity index (χ0n) is 10.8. The first-order chi connectivity index (χ1) is 9.06. The van der Waals surface area contributed by atoms with Crippen LogP contribution in [0.1, 0.15) is 30.2 Å². The molecule has 2 rings (SSSR count). The topological polar surface area (TPSA) is 51.0 Å². The van der Waals surface area contributed by atoms with Crippen LogP contribution >= 0.6 is 15.9 Å². The number of aromatic nitrogens is 2. The maximum Gasteiger partial charge on any atom is 0.223 e. The van der Waals surface area contributed by atoms with Crippen molar-refractivity contribution in [2.24, 2.45) is 0 Å². The molecular formula is C13H15BrFN3O. The van der Waals surface area contributed by atoms with E-state index in [4.69, 9.17) is 4.52 Å². The average molecular weight is 328 g/mol. The second kappa shape index (κ2) is 6.25. The van der Waals surface area contributed by atoms with Gasteiger partial charge in [-0.25, -0.2) is 4.39 Å². The number of halogens is 2. The molecule has 2 aromatic rings. The van der Waals surface area contributed by atoms with Crippen LogP contribution in [0.15, 0.2) is 27.2 Å². The Morgan fingerprint density at radius 3 is 2.95 bits per heavy atom. The van der Waals surface area contributed by atoms with E-state index in [-0.39, 0.29) is 11.9 Å². The molecule has 0 amide bonds. The predicted octanol–water partition coefficient (Wildman–Crippen LogP) is 3.17. The Balaban J connectivity index is 1.90. The third-order valence-electron chi connectivity index (χ3n) is 2.79. The van der Waals surface area contributed by atoms with Gasteiger partial charge >= 0.3 is 0 Å². The van der Waals surface area contributed by atoms with Crippen LogP contribution in [0.5, 0.6) is 0 Å². The van der Waals surface area contributed by atoms with Crippen LogP contribution in [0.25, 0.3) is 0 Å². The Hall–Kier alpha value is -1.27. The van der Waals surface area contributed by atoms with Crippen LogP contribution in [-0.4, -0.2) is 16.7 Å². The molecule has 6 heteroatoms. The fourth-order valence-electron chi connectivity index (χ4n) is 1.80. The summed E-state index contributed by atoms with van der Waals surface area (Å²) in [7, 11) is 0. The van der Waals surface area contributed by atoms with Gasteiger partial charge in [0.2, 0.25) is 5.89 Å². The molecule has 0 fully saturated rings. The lowest BCUT2D eigenvalue weighted by atomic mass is 10.1. The minimum Gasteiger partial charge on any atom is -0.340 e. The maximum absolute atomic E-state index is 13.7. The Morgan fingerprint density at radius 1 is 1.47 bits per heavy atom. The highest BCUT2D eigenvalue weighted by molar-refractivity contribution is 9.10. The van der Waals surface area contributed by atoms with Crippen molar-refractivity contribution in [3.63, 3.8) is 0 Å². The van der Waals surface area contributed by atoms with Crippen molar-refractivity contribution in [3.8, 4) is 0 Å². The standard InChI is InChI=1S/C13H15BrFN3O/c1-8(11-7-10(14)3-4-12(11)15)16-6-5-13-17-9(2)19-18-13/h3-4,7-8,16H,5-6H2,1-2H3. The van der Waals surface area contributed by atoms with E-state index < -0.39 is 0 Å². The molecule has 19 heavy (non-hydrogen) atoms. The summed E-state index contributed by atoms with van der Waals surface area (Å²) in [6, 6.07) is 4.85. The van der Waals surface area contributed by atoms with E-state index in [2.05, 4.69) is 31.4 Å². The first-order valence-electron chi connectivity index (χ1n) is 6.04. The van der Waals surface area contributed by atoms with E-state index in [0.29, 0.717) is 30.2 Å². The zero-order valence-corrected chi connectivity index (χ0v) is 12.4. The van der Waals surface area contributed by atoms with Crippen LogP contribution in [0.4, 0.5) is 4.39 Å². The molecule has 0 radical (unpaired) electrons. The van der Waals surface area contributed by atoms with Gasteiger partial charge in [0.1, 0.15) is 5.82 Å². The summed E-state index contributed by atoms with van der Waals surface area (Å²) in [5, 5.41) is 7.05. The third-order valence-corrected chi connectivity index (χ3v) is 3.29. The number of hydrogen-bond donors (Lipinski definition) is 1. The summed E-state index contributed by atoms with van der Waals surface area (Å²) in [6.45, 7) is 4.34. The Morgan fingerprint density at radius 2 is 2.26 bits per heavy atom. The molecule has 1 aromatic carbocycles. The highest BCUT2D eigenvalue weighted by atomic mass is 79.9. The molecule has 1 atom stereocenters.